The number of aromatic nitrogens is 2. The van der Waals surface area contributed by atoms with Crippen LogP contribution in [0, 0.1) is 0 Å². The Balaban J connectivity index is 2.22. The van der Waals surface area contributed by atoms with Gasteiger partial charge in [-0.3, -0.25) is 0 Å². The molecule has 17 heavy (non-hydrogen) atoms. The van der Waals surface area contributed by atoms with Crippen LogP contribution in [0.3, 0.4) is 0 Å². The lowest BCUT2D eigenvalue weighted by molar-refractivity contribution is 0.174. The van der Waals surface area contributed by atoms with E-state index in [0.29, 0.717) is 23.2 Å². The van der Waals surface area contributed by atoms with Crippen molar-refractivity contribution < 1.29 is 4.74 Å². The fourth-order valence-electron chi connectivity index (χ4n) is 1.65. The number of hydrogen-bond acceptors (Lipinski definition) is 2. The zero-order chi connectivity index (χ0) is 12.3. The number of halogens is 2. The van der Waals surface area contributed by atoms with Crippen molar-refractivity contribution in [3.05, 3.63) is 52.0 Å². The first-order valence-corrected chi connectivity index (χ1v) is 5.88. The predicted octanol–water partition coefficient (Wildman–Crippen LogP) is 3.38. The first-order chi connectivity index (χ1) is 8.19. The lowest BCUT2D eigenvalue weighted by Crippen LogP contribution is -2.05. The van der Waals surface area contributed by atoms with Crippen LogP contribution in [-0.4, -0.2) is 16.7 Å². The van der Waals surface area contributed by atoms with E-state index in [2.05, 4.69) is 4.98 Å². The van der Waals surface area contributed by atoms with Crippen LogP contribution in [0.4, 0.5) is 0 Å². The summed E-state index contributed by atoms with van der Waals surface area (Å²) in [6.45, 7) is 1.17. The number of nitrogens with zero attached hydrogens (tertiary/aromatic N) is 2. The van der Waals surface area contributed by atoms with E-state index in [9.17, 15) is 0 Å². The molecule has 0 saturated heterocycles. The molecule has 0 N–H and O–H groups in total. The molecule has 0 bridgehead atoms. The van der Waals surface area contributed by atoms with E-state index in [1.165, 1.54) is 0 Å². The van der Waals surface area contributed by atoms with E-state index < -0.39 is 0 Å². The van der Waals surface area contributed by atoms with Crippen molar-refractivity contribution in [2.75, 3.05) is 7.11 Å². The minimum atomic E-state index is 0.487. The molecule has 0 unspecified atom stereocenters. The highest BCUT2D eigenvalue weighted by Crippen LogP contribution is 2.20. The van der Waals surface area contributed by atoms with Gasteiger partial charge in [0.1, 0.15) is 12.4 Å². The topological polar surface area (TPSA) is 27.1 Å². The number of rotatable bonds is 4. The standard InChI is InChI=1S/C12H12Cl2N2O/c1-17-8-12-15-2-3-16(12)7-9-4-10(13)6-11(14)5-9/h2-6H,7-8H2,1H3. The summed E-state index contributed by atoms with van der Waals surface area (Å²) in [5.74, 6) is 0.878. The summed E-state index contributed by atoms with van der Waals surface area (Å²) in [6, 6.07) is 5.50. The molecule has 0 spiro atoms. The monoisotopic (exact) mass is 270 g/mol. The van der Waals surface area contributed by atoms with E-state index in [0.717, 1.165) is 11.4 Å². The molecule has 1 heterocycles. The Kier molecular flexibility index (Phi) is 4.05. The first-order valence-electron chi connectivity index (χ1n) is 5.13. The fraction of sp³-hybridized carbons (Fsp3) is 0.250. The number of benzene rings is 1. The van der Waals surface area contributed by atoms with Gasteiger partial charge in [-0.15, -0.1) is 0 Å². The first kappa shape index (κ1) is 12.4. The number of hydrogen-bond donors (Lipinski definition) is 0. The summed E-state index contributed by atoms with van der Waals surface area (Å²) < 4.78 is 7.08. The van der Waals surface area contributed by atoms with Crippen LogP contribution in [0.5, 0.6) is 0 Å². The van der Waals surface area contributed by atoms with Gasteiger partial charge in [0.25, 0.3) is 0 Å². The molecule has 3 nitrogen and oxygen atoms in total. The summed E-state index contributed by atoms with van der Waals surface area (Å²) in [7, 11) is 1.65. The lowest BCUT2D eigenvalue weighted by Gasteiger charge is -2.08. The third-order valence-corrected chi connectivity index (χ3v) is 2.79. The average Bonchev–Trinajstić information content (AvgIpc) is 2.65. The van der Waals surface area contributed by atoms with Crippen molar-refractivity contribution in [1.82, 2.24) is 9.55 Å². The summed E-state index contributed by atoms with van der Waals surface area (Å²) in [4.78, 5) is 4.22. The van der Waals surface area contributed by atoms with Crippen molar-refractivity contribution in [2.24, 2.45) is 0 Å². The Morgan fingerprint density at radius 3 is 2.59 bits per heavy atom. The van der Waals surface area contributed by atoms with Crippen LogP contribution >= 0.6 is 23.2 Å². The highest BCUT2D eigenvalue weighted by molar-refractivity contribution is 6.34. The molecule has 0 radical (unpaired) electrons. The third-order valence-electron chi connectivity index (χ3n) is 2.35. The summed E-state index contributed by atoms with van der Waals surface area (Å²) >= 11 is 11.9. The fourth-order valence-corrected chi connectivity index (χ4v) is 2.22. The third kappa shape index (κ3) is 3.22. The molecule has 2 rings (SSSR count). The highest BCUT2D eigenvalue weighted by atomic mass is 35.5. The van der Waals surface area contributed by atoms with Crippen molar-refractivity contribution in [3.63, 3.8) is 0 Å². The molecular formula is C12H12Cl2N2O. The van der Waals surface area contributed by atoms with Crippen LogP contribution in [-0.2, 0) is 17.9 Å². The summed E-state index contributed by atoms with van der Waals surface area (Å²) in [5, 5.41) is 1.28. The quantitative estimate of drug-likeness (QED) is 0.852. The van der Waals surface area contributed by atoms with Crippen molar-refractivity contribution in [1.29, 1.82) is 0 Å². The van der Waals surface area contributed by atoms with Crippen molar-refractivity contribution in [2.45, 2.75) is 13.2 Å². The highest BCUT2D eigenvalue weighted by Gasteiger charge is 2.04. The van der Waals surface area contributed by atoms with E-state index in [1.807, 2.05) is 22.9 Å². The van der Waals surface area contributed by atoms with Crippen molar-refractivity contribution in [3.8, 4) is 0 Å². The number of methoxy groups -OCH3 is 1. The SMILES string of the molecule is COCc1nccn1Cc1cc(Cl)cc(Cl)c1. The molecule has 0 aliphatic heterocycles. The van der Waals surface area contributed by atoms with Gasteiger partial charge in [0.05, 0.1) is 0 Å². The Labute approximate surface area is 110 Å². The maximum Gasteiger partial charge on any atom is 0.135 e. The molecule has 0 amide bonds. The van der Waals surface area contributed by atoms with Crippen LogP contribution in [0.2, 0.25) is 10.0 Å². The van der Waals surface area contributed by atoms with Gasteiger partial charge in [0.2, 0.25) is 0 Å². The molecule has 5 heteroatoms. The minimum absolute atomic E-state index is 0.487. The Morgan fingerprint density at radius 1 is 1.24 bits per heavy atom. The maximum atomic E-state index is 5.96. The second-order valence-corrected chi connectivity index (χ2v) is 4.55. The lowest BCUT2D eigenvalue weighted by atomic mass is 10.2. The van der Waals surface area contributed by atoms with Gasteiger partial charge >= 0.3 is 0 Å². The largest absolute Gasteiger partial charge is 0.377 e. The van der Waals surface area contributed by atoms with Gasteiger partial charge < -0.3 is 9.30 Å². The van der Waals surface area contributed by atoms with Gasteiger partial charge in [-0.25, -0.2) is 4.98 Å². The van der Waals surface area contributed by atoms with E-state index in [1.54, 1.807) is 19.4 Å². The van der Waals surface area contributed by atoms with Crippen molar-refractivity contribution >= 4 is 23.2 Å². The smallest absolute Gasteiger partial charge is 0.135 e. The Morgan fingerprint density at radius 2 is 1.94 bits per heavy atom. The zero-order valence-electron chi connectivity index (χ0n) is 9.36. The molecule has 0 fully saturated rings. The second kappa shape index (κ2) is 5.54. The van der Waals surface area contributed by atoms with Crippen LogP contribution in [0.15, 0.2) is 30.6 Å². The van der Waals surface area contributed by atoms with Gasteiger partial charge in [0.15, 0.2) is 0 Å². The second-order valence-electron chi connectivity index (χ2n) is 3.68. The van der Waals surface area contributed by atoms with Gasteiger partial charge in [-0.05, 0) is 23.8 Å². The Bertz CT molecular complexity index is 491. The molecule has 0 saturated carbocycles. The average molecular weight is 271 g/mol. The maximum absolute atomic E-state index is 5.96. The van der Waals surface area contributed by atoms with Gasteiger partial charge in [-0.1, -0.05) is 23.2 Å². The number of imidazole rings is 1. The summed E-state index contributed by atoms with van der Waals surface area (Å²) in [5.41, 5.74) is 1.04. The molecule has 2 aromatic rings. The summed E-state index contributed by atoms with van der Waals surface area (Å²) in [6.07, 6.45) is 3.66. The molecule has 1 aromatic heterocycles. The normalized spacial score (nSPS) is 10.8. The van der Waals surface area contributed by atoms with E-state index in [-0.39, 0.29) is 0 Å². The molecule has 1 aromatic carbocycles. The minimum Gasteiger partial charge on any atom is -0.377 e. The zero-order valence-corrected chi connectivity index (χ0v) is 10.9. The molecule has 90 valence electrons. The molecule has 0 aliphatic rings. The van der Waals surface area contributed by atoms with Gasteiger partial charge in [0, 0.05) is 36.1 Å². The van der Waals surface area contributed by atoms with Crippen LogP contribution in [0.25, 0.3) is 0 Å². The van der Waals surface area contributed by atoms with Crippen LogP contribution in [0.1, 0.15) is 11.4 Å². The van der Waals surface area contributed by atoms with E-state index in [4.69, 9.17) is 27.9 Å². The molecule has 0 aliphatic carbocycles. The van der Waals surface area contributed by atoms with Crippen LogP contribution < -0.4 is 0 Å². The van der Waals surface area contributed by atoms with E-state index >= 15 is 0 Å². The number of ether oxygens (including phenoxy) is 1. The van der Waals surface area contributed by atoms with Gasteiger partial charge in [-0.2, -0.15) is 0 Å². The molecular weight excluding hydrogens is 259 g/mol. The predicted molar refractivity (Wildman–Crippen MR) is 68.5 cm³/mol. The Hall–Kier alpha value is -1.03. The molecule has 0 atom stereocenters.